The van der Waals surface area contributed by atoms with Gasteiger partial charge < -0.3 is 9.84 Å². The lowest BCUT2D eigenvalue weighted by Gasteiger charge is -2.21. The summed E-state index contributed by atoms with van der Waals surface area (Å²) in [5, 5.41) is 9.61. The van der Waals surface area contributed by atoms with Gasteiger partial charge in [-0.3, -0.25) is 0 Å². The Hall–Kier alpha value is -0.570. The SMILES string of the molecule is CCCCCCCC[C@@H](O)C(=O)OC(C)(C)C. The van der Waals surface area contributed by atoms with Gasteiger partial charge in [-0.25, -0.2) is 4.79 Å². The lowest BCUT2D eigenvalue weighted by atomic mass is 10.1. The summed E-state index contributed by atoms with van der Waals surface area (Å²) < 4.78 is 5.11. The molecule has 0 fully saturated rings. The zero-order valence-corrected chi connectivity index (χ0v) is 11.8. The van der Waals surface area contributed by atoms with Crippen molar-refractivity contribution in [1.82, 2.24) is 0 Å². The molecular weight excluding hydrogens is 216 g/mol. The summed E-state index contributed by atoms with van der Waals surface area (Å²) in [5.74, 6) is -0.494. The van der Waals surface area contributed by atoms with Crippen LogP contribution in [0.5, 0.6) is 0 Å². The van der Waals surface area contributed by atoms with Crippen molar-refractivity contribution < 1.29 is 14.6 Å². The van der Waals surface area contributed by atoms with E-state index < -0.39 is 17.7 Å². The Morgan fingerprint density at radius 3 is 2.18 bits per heavy atom. The topological polar surface area (TPSA) is 46.5 Å². The van der Waals surface area contributed by atoms with Crippen LogP contribution in [0.15, 0.2) is 0 Å². The standard InChI is InChI=1S/C14H28O3/c1-5-6-7-8-9-10-11-12(15)13(16)17-14(2,3)4/h12,15H,5-11H2,1-4H3/t12-/m1/s1. The van der Waals surface area contributed by atoms with Crippen LogP contribution in [-0.2, 0) is 9.53 Å². The molecule has 0 aromatic carbocycles. The maximum Gasteiger partial charge on any atom is 0.335 e. The first-order valence-electron chi connectivity index (χ1n) is 6.77. The van der Waals surface area contributed by atoms with Crippen molar-refractivity contribution in [3.8, 4) is 0 Å². The smallest absolute Gasteiger partial charge is 0.335 e. The van der Waals surface area contributed by atoms with Crippen LogP contribution in [0.2, 0.25) is 0 Å². The second kappa shape index (κ2) is 8.51. The summed E-state index contributed by atoms with van der Waals surface area (Å²) >= 11 is 0. The van der Waals surface area contributed by atoms with E-state index in [4.69, 9.17) is 4.74 Å². The van der Waals surface area contributed by atoms with Crippen molar-refractivity contribution in [2.45, 2.75) is 84.3 Å². The second-order valence-electron chi connectivity index (χ2n) is 5.61. The molecule has 0 rings (SSSR count). The molecule has 0 spiro atoms. The minimum absolute atomic E-state index is 0.494. The fraction of sp³-hybridized carbons (Fsp3) is 0.929. The number of carbonyl (C=O) groups excluding carboxylic acids is 1. The van der Waals surface area contributed by atoms with E-state index in [1.165, 1.54) is 25.7 Å². The lowest BCUT2D eigenvalue weighted by Crippen LogP contribution is -2.31. The molecule has 102 valence electrons. The van der Waals surface area contributed by atoms with Crippen LogP contribution >= 0.6 is 0 Å². The maximum atomic E-state index is 11.5. The van der Waals surface area contributed by atoms with E-state index in [1.807, 2.05) is 20.8 Å². The van der Waals surface area contributed by atoms with Gasteiger partial charge in [0.1, 0.15) is 5.60 Å². The highest BCUT2D eigenvalue weighted by atomic mass is 16.6. The molecule has 0 aliphatic heterocycles. The molecule has 0 aliphatic carbocycles. The second-order valence-corrected chi connectivity index (χ2v) is 5.61. The third-order valence-corrected chi connectivity index (χ3v) is 2.51. The molecule has 0 heterocycles. The molecule has 1 N–H and O–H groups in total. The van der Waals surface area contributed by atoms with Gasteiger partial charge in [0.05, 0.1) is 0 Å². The summed E-state index contributed by atoms with van der Waals surface area (Å²) in [5.41, 5.74) is -0.515. The molecule has 0 unspecified atom stereocenters. The van der Waals surface area contributed by atoms with Crippen molar-refractivity contribution >= 4 is 5.97 Å². The summed E-state index contributed by atoms with van der Waals surface area (Å²) in [6, 6.07) is 0. The lowest BCUT2D eigenvalue weighted by molar-refractivity contribution is -0.165. The van der Waals surface area contributed by atoms with E-state index in [-0.39, 0.29) is 0 Å². The molecule has 0 aliphatic rings. The molecule has 0 aromatic rings. The monoisotopic (exact) mass is 244 g/mol. The minimum atomic E-state index is -0.958. The molecule has 1 atom stereocenters. The number of hydrogen-bond acceptors (Lipinski definition) is 3. The van der Waals surface area contributed by atoms with Gasteiger partial charge in [0.25, 0.3) is 0 Å². The Bertz CT molecular complexity index is 206. The average Bonchev–Trinajstić information content (AvgIpc) is 2.20. The zero-order chi connectivity index (χ0) is 13.3. The van der Waals surface area contributed by atoms with E-state index in [0.717, 1.165) is 12.8 Å². The van der Waals surface area contributed by atoms with E-state index in [2.05, 4.69) is 6.92 Å². The first kappa shape index (κ1) is 16.4. The van der Waals surface area contributed by atoms with E-state index in [0.29, 0.717) is 6.42 Å². The number of aliphatic hydroxyl groups is 1. The van der Waals surface area contributed by atoms with Gasteiger partial charge in [0.2, 0.25) is 0 Å². The highest BCUT2D eigenvalue weighted by Crippen LogP contribution is 2.13. The van der Waals surface area contributed by atoms with Crippen LogP contribution in [0, 0.1) is 0 Å². The Kier molecular flexibility index (Phi) is 8.23. The molecule has 0 bridgehead atoms. The molecule has 3 nitrogen and oxygen atoms in total. The van der Waals surface area contributed by atoms with Crippen molar-refractivity contribution in [2.75, 3.05) is 0 Å². The normalized spacial score (nSPS) is 13.5. The van der Waals surface area contributed by atoms with Gasteiger partial charge in [0, 0.05) is 0 Å². The summed E-state index contributed by atoms with van der Waals surface area (Å²) in [4.78, 5) is 11.5. The Balaban J connectivity index is 3.58. The molecule has 3 heteroatoms. The van der Waals surface area contributed by atoms with Crippen LogP contribution in [0.4, 0.5) is 0 Å². The number of unbranched alkanes of at least 4 members (excludes halogenated alkanes) is 5. The molecule has 0 saturated carbocycles. The number of carbonyl (C=O) groups is 1. The fourth-order valence-corrected chi connectivity index (χ4v) is 1.61. The molecule has 17 heavy (non-hydrogen) atoms. The highest BCUT2D eigenvalue weighted by molar-refractivity contribution is 5.74. The number of hydrogen-bond donors (Lipinski definition) is 1. The third-order valence-electron chi connectivity index (χ3n) is 2.51. The Morgan fingerprint density at radius 1 is 1.12 bits per heavy atom. The summed E-state index contributed by atoms with van der Waals surface area (Å²) in [6.45, 7) is 7.61. The van der Waals surface area contributed by atoms with E-state index >= 15 is 0 Å². The minimum Gasteiger partial charge on any atom is -0.458 e. The molecule has 0 aromatic heterocycles. The van der Waals surface area contributed by atoms with Crippen LogP contribution in [0.1, 0.15) is 72.6 Å². The molecule has 0 amide bonds. The zero-order valence-electron chi connectivity index (χ0n) is 11.8. The van der Waals surface area contributed by atoms with Gasteiger partial charge >= 0.3 is 5.97 Å². The van der Waals surface area contributed by atoms with Crippen LogP contribution in [0.3, 0.4) is 0 Å². The first-order chi connectivity index (χ1) is 7.87. The van der Waals surface area contributed by atoms with Gasteiger partial charge in [-0.2, -0.15) is 0 Å². The predicted molar refractivity (Wildman–Crippen MR) is 69.8 cm³/mol. The van der Waals surface area contributed by atoms with E-state index in [1.54, 1.807) is 0 Å². The predicted octanol–water partition coefficient (Wildman–Crippen LogP) is 3.44. The van der Waals surface area contributed by atoms with Crippen molar-refractivity contribution in [1.29, 1.82) is 0 Å². The van der Waals surface area contributed by atoms with Gasteiger partial charge in [0.15, 0.2) is 6.10 Å². The van der Waals surface area contributed by atoms with E-state index in [9.17, 15) is 9.90 Å². The quantitative estimate of drug-likeness (QED) is 0.525. The largest absolute Gasteiger partial charge is 0.458 e. The van der Waals surface area contributed by atoms with Crippen LogP contribution in [-0.4, -0.2) is 22.8 Å². The Labute approximate surface area is 106 Å². The number of esters is 1. The summed E-state index contributed by atoms with van der Waals surface area (Å²) in [7, 11) is 0. The van der Waals surface area contributed by atoms with Gasteiger partial charge in [-0.1, -0.05) is 45.4 Å². The number of aliphatic hydroxyl groups excluding tert-OH is 1. The van der Waals surface area contributed by atoms with Crippen LogP contribution < -0.4 is 0 Å². The van der Waals surface area contributed by atoms with Gasteiger partial charge in [-0.05, 0) is 27.2 Å². The van der Waals surface area contributed by atoms with Crippen LogP contribution in [0.25, 0.3) is 0 Å². The first-order valence-corrected chi connectivity index (χ1v) is 6.77. The summed E-state index contributed by atoms with van der Waals surface area (Å²) in [6.07, 6.45) is 6.48. The third kappa shape index (κ3) is 10.3. The van der Waals surface area contributed by atoms with Crippen molar-refractivity contribution in [3.05, 3.63) is 0 Å². The van der Waals surface area contributed by atoms with Gasteiger partial charge in [-0.15, -0.1) is 0 Å². The highest BCUT2D eigenvalue weighted by Gasteiger charge is 2.22. The molecular formula is C14H28O3. The van der Waals surface area contributed by atoms with Crippen molar-refractivity contribution in [2.24, 2.45) is 0 Å². The maximum absolute atomic E-state index is 11.5. The Morgan fingerprint density at radius 2 is 1.65 bits per heavy atom. The number of ether oxygens (including phenoxy) is 1. The van der Waals surface area contributed by atoms with Crippen molar-refractivity contribution in [3.63, 3.8) is 0 Å². The average molecular weight is 244 g/mol. The fourth-order valence-electron chi connectivity index (χ4n) is 1.61. The molecule has 0 saturated heterocycles. The number of rotatable bonds is 8. The molecule has 0 radical (unpaired) electrons.